The number of carbonyl (C=O) groups excluding carboxylic acids is 2. The molecule has 26 heteroatoms. The Bertz CT molecular complexity index is 2150. The molecule has 4 N–H and O–H groups in total. The third-order valence-electron chi connectivity index (χ3n) is 9.43. The fraction of sp³-hybridized carbons (Fsp3) is 0.647. The highest BCUT2D eigenvalue weighted by Gasteiger charge is 2.49. The van der Waals surface area contributed by atoms with Gasteiger partial charge in [-0.2, -0.15) is 0 Å². The van der Waals surface area contributed by atoms with E-state index in [1.807, 2.05) is 0 Å². The molecule has 8 atom stereocenters. The Kier molecular flexibility index (Phi) is 13.4. The van der Waals surface area contributed by atoms with E-state index in [0.717, 1.165) is 23.5 Å². The number of hydrogen-bond donors (Lipinski definition) is 2. The third kappa shape index (κ3) is 10.2. The van der Waals surface area contributed by atoms with Gasteiger partial charge in [0.2, 0.25) is 0 Å². The van der Waals surface area contributed by atoms with Crippen molar-refractivity contribution in [2.24, 2.45) is 10.8 Å². The number of anilines is 2. The van der Waals surface area contributed by atoms with Crippen molar-refractivity contribution in [3.05, 3.63) is 25.3 Å². The number of nitrogen functional groups attached to an aromatic ring is 2. The number of ether oxygens (including phenoxy) is 2. The lowest BCUT2D eigenvalue weighted by atomic mass is 9.99. The van der Waals surface area contributed by atoms with E-state index in [2.05, 4.69) is 29.9 Å². The van der Waals surface area contributed by atoms with Gasteiger partial charge < -0.3 is 20.9 Å². The fourth-order valence-electron chi connectivity index (χ4n) is 6.28. The molecule has 328 valence electrons. The van der Waals surface area contributed by atoms with Crippen molar-refractivity contribution in [1.82, 2.24) is 39.0 Å². The Balaban J connectivity index is 1.18. The molecule has 4 aromatic heterocycles. The van der Waals surface area contributed by atoms with E-state index in [1.54, 1.807) is 50.7 Å². The van der Waals surface area contributed by atoms with Crippen LogP contribution >= 0.6 is 39.2 Å². The van der Waals surface area contributed by atoms with Gasteiger partial charge >= 0.3 is 15.6 Å². The molecule has 7 heterocycles. The van der Waals surface area contributed by atoms with E-state index in [-0.39, 0.29) is 59.4 Å². The molecule has 0 aromatic carbocycles. The van der Waals surface area contributed by atoms with E-state index in [9.17, 15) is 18.7 Å². The van der Waals surface area contributed by atoms with Crippen molar-refractivity contribution < 1.29 is 55.3 Å². The first-order valence-electron chi connectivity index (χ1n) is 19.0. The molecular formula is C34H48N10O12P2S2. The van der Waals surface area contributed by atoms with Crippen LogP contribution in [0.25, 0.3) is 22.3 Å². The summed E-state index contributed by atoms with van der Waals surface area (Å²) in [5.74, 6) is 0.613. The Morgan fingerprint density at radius 1 is 0.683 bits per heavy atom. The highest BCUT2D eigenvalue weighted by Crippen LogP contribution is 2.58. The normalized spacial score (nSPS) is 29.2. The van der Waals surface area contributed by atoms with Crippen LogP contribution in [-0.4, -0.2) is 112 Å². The first-order valence-corrected chi connectivity index (χ1v) is 23.9. The van der Waals surface area contributed by atoms with Crippen LogP contribution < -0.4 is 11.5 Å². The molecule has 0 bridgehead atoms. The number of aromatic nitrogens is 8. The van der Waals surface area contributed by atoms with Gasteiger partial charge in [-0.1, -0.05) is 65.1 Å². The predicted molar refractivity (Wildman–Crippen MR) is 219 cm³/mol. The van der Waals surface area contributed by atoms with Crippen LogP contribution in [0.5, 0.6) is 0 Å². The molecule has 0 radical (unpaired) electrons. The van der Waals surface area contributed by atoms with Gasteiger partial charge in [0.1, 0.15) is 60.6 Å². The van der Waals surface area contributed by atoms with E-state index in [1.165, 1.54) is 25.3 Å². The third-order valence-corrected chi connectivity index (χ3v) is 14.9. The summed E-state index contributed by atoms with van der Waals surface area (Å²) in [6.45, 7) is 9.52. The number of nitrogens with zero attached hydrogens (tertiary/aromatic N) is 8. The van der Waals surface area contributed by atoms with Gasteiger partial charge in [0.25, 0.3) is 0 Å². The summed E-state index contributed by atoms with van der Waals surface area (Å²) in [7, 11) is -9.01. The second-order valence-electron chi connectivity index (χ2n) is 16.1. The van der Waals surface area contributed by atoms with Gasteiger partial charge in [0.15, 0.2) is 33.2 Å². The maximum atomic E-state index is 14.7. The lowest BCUT2D eigenvalue weighted by Crippen LogP contribution is -2.33. The van der Waals surface area contributed by atoms with Crippen LogP contribution in [-0.2, 0) is 55.3 Å². The first-order chi connectivity index (χ1) is 28.3. The summed E-state index contributed by atoms with van der Waals surface area (Å²) >= 11 is 2.06. The Hall–Kier alpha value is -3.12. The van der Waals surface area contributed by atoms with Gasteiger partial charge in [-0.05, 0) is 0 Å². The smallest absolute Gasteiger partial charge is 0.382 e. The highest BCUT2D eigenvalue weighted by molar-refractivity contribution is 8.14. The molecule has 3 saturated heterocycles. The Morgan fingerprint density at radius 3 is 1.47 bits per heavy atom. The van der Waals surface area contributed by atoms with Crippen molar-refractivity contribution in [1.29, 1.82) is 0 Å². The van der Waals surface area contributed by atoms with Crippen LogP contribution in [0, 0.1) is 10.8 Å². The molecule has 0 aliphatic carbocycles. The predicted octanol–water partition coefficient (Wildman–Crippen LogP) is 5.08. The number of imidazole rings is 2. The van der Waals surface area contributed by atoms with E-state index >= 15 is 0 Å². The number of carbonyl (C=O) groups is 2. The van der Waals surface area contributed by atoms with Crippen LogP contribution in [0.15, 0.2) is 25.3 Å². The molecule has 7 rings (SSSR count). The zero-order valence-electron chi connectivity index (χ0n) is 33.8. The fourth-order valence-corrected chi connectivity index (χ4v) is 10.9. The number of rotatable bonds is 10. The van der Waals surface area contributed by atoms with Crippen molar-refractivity contribution in [2.45, 2.75) is 91.3 Å². The van der Waals surface area contributed by atoms with E-state index in [0.29, 0.717) is 22.3 Å². The maximum absolute atomic E-state index is 14.7. The summed E-state index contributed by atoms with van der Waals surface area (Å²) in [5.41, 5.74) is 12.3. The molecule has 3 aliphatic rings. The van der Waals surface area contributed by atoms with Crippen molar-refractivity contribution in [2.75, 3.05) is 49.4 Å². The monoisotopic (exact) mass is 914 g/mol. The lowest BCUT2D eigenvalue weighted by molar-refractivity contribution is -0.118. The summed E-state index contributed by atoms with van der Waals surface area (Å²) < 4.78 is 81.6. The van der Waals surface area contributed by atoms with Crippen molar-refractivity contribution in [3.63, 3.8) is 0 Å². The zero-order chi connectivity index (χ0) is 43.0. The standard InChI is InChI=1S/C34H48N10O12P2S2/c1-33(2,3)31(45)59-9-7-49-57(47)51-13-21-20(12-24(53-21)44-18-42-26-28(36)38-16-40-30(26)44)56-58(48,50-8-10-60-32(46)34(4,5)6)52-14-22-19(55-57)11-23(54-22)43-17-41-25-27(35)37-15-39-29(25)43/h15-24H,7-14H2,1-6H3,(H2,35,37,39)(H2,36,38,40)/t19?,20?,21-,22-,23-,24-,57?,58?/m1/s1. The van der Waals surface area contributed by atoms with Crippen LogP contribution in [0.1, 0.15) is 66.8 Å². The second-order valence-corrected chi connectivity index (χ2v) is 21.5. The lowest BCUT2D eigenvalue weighted by Gasteiger charge is -2.29. The quantitative estimate of drug-likeness (QED) is 0.155. The minimum absolute atomic E-state index is 0.0399. The highest BCUT2D eigenvalue weighted by atomic mass is 32.2. The number of thioether (sulfide) groups is 2. The molecule has 22 nitrogen and oxygen atoms in total. The number of phosphoric ester groups is 2. The average molecular weight is 915 g/mol. The number of fused-ring (bicyclic) bond motifs is 4. The molecule has 4 unspecified atom stereocenters. The van der Waals surface area contributed by atoms with Gasteiger partial charge in [0.05, 0.1) is 39.1 Å². The Morgan fingerprint density at radius 2 is 1.08 bits per heavy atom. The summed E-state index contributed by atoms with van der Waals surface area (Å²) in [4.78, 5) is 50.6. The molecule has 4 aromatic rings. The molecular weight excluding hydrogens is 867 g/mol. The van der Waals surface area contributed by atoms with Gasteiger partial charge in [-0.15, -0.1) is 0 Å². The molecule has 3 fully saturated rings. The average Bonchev–Trinajstić information content (AvgIpc) is 3.98. The molecule has 3 aliphatic heterocycles. The van der Waals surface area contributed by atoms with Crippen LogP contribution in [0.3, 0.4) is 0 Å². The summed E-state index contributed by atoms with van der Waals surface area (Å²) in [5, 5.41) is -0.164. The largest absolute Gasteiger partial charge is 0.475 e. The van der Waals surface area contributed by atoms with Crippen molar-refractivity contribution in [3.8, 4) is 0 Å². The molecule has 0 amide bonds. The van der Waals surface area contributed by atoms with Gasteiger partial charge in [-0.25, -0.2) is 39.0 Å². The molecule has 60 heavy (non-hydrogen) atoms. The van der Waals surface area contributed by atoms with Crippen LogP contribution in [0.4, 0.5) is 11.6 Å². The first kappa shape index (κ1) is 44.9. The van der Waals surface area contributed by atoms with Crippen molar-refractivity contribution >= 4 is 83.4 Å². The molecule has 0 spiro atoms. The summed E-state index contributed by atoms with van der Waals surface area (Å²) in [6, 6.07) is 0. The zero-order valence-corrected chi connectivity index (χ0v) is 37.2. The van der Waals surface area contributed by atoms with Gasteiger partial charge in [-0.3, -0.25) is 45.9 Å². The summed E-state index contributed by atoms with van der Waals surface area (Å²) in [6.07, 6.45) is -0.318. The Labute approximate surface area is 353 Å². The minimum atomic E-state index is -4.50. The molecule has 0 saturated carbocycles. The maximum Gasteiger partial charge on any atom is 0.475 e. The number of hydrogen-bond acceptors (Lipinski definition) is 22. The van der Waals surface area contributed by atoms with E-state index < -0.39 is 76.6 Å². The number of nitrogens with two attached hydrogens (primary N) is 2. The minimum Gasteiger partial charge on any atom is -0.382 e. The van der Waals surface area contributed by atoms with Gasteiger partial charge in [0, 0.05) is 35.2 Å². The number of phosphoric acid groups is 2. The topological polar surface area (TPSA) is 281 Å². The SMILES string of the molecule is CC(C)(C)C(=O)SCCOP1(=O)OC[C@H]2O[C@@H](n3cnc4c(N)ncnc43)CC2OP(=O)(OCCSC(=O)C(C)(C)C)OC[C@H]2O[C@@H](n3cnc4c(N)ncnc43)CC2O1. The van der Waals surface area contributed by atoms with Crippen LogP contribution in [0.2, 0.25) is 0 Å². The van der Waals surface area contributed by atoms with E-state index in [4.69, 9.17) is 48.1 Å². The second kappa shape index (κ2) is 17.9.